The van der Waals surface area contributed by atoms with Gasteiger partial charge in [-0.25, -0.2) is 9.97 Å². The lowest BCUT2D eigenvalue weighted by molar-refractivity contribution is -0.141. The third-order valence-electron chi connectivity index (χ3n) is 4.66. The molecule has 34 heavy (non-hydrogen) atoms. The fourth-order valence-corrected chi connectivity index (χ4v) is 3.01. The molecule has 0 amide bonds. The van der Waals surface area contributed by atoms with E-state index in [1.54, 1.807) is 0 Å². The number of nitrogens with one attached hydrogen (secondary N) is 2. The van der Waals surface area contributed by atoms with Crippen molar-refractivity contribution in [3.05, 3.63) is 42.0 Å². The van der Waals surface area contributed by atoms with E-state index in [0.717, 1.165) is 24.9 Å². The van der Waals surface area contributed by atoms with Crippen molar-refractivity contribution in [3.63, 3.8) is 0 Å². The molecule has 0 aliphatic carbocycles. The number of aromatic nitrogens is 6. The van der Waals surface area contributed by atoms with Crippen molar-refractivity contribution >= 4 is 17.6 Å². The number of anilines is 3. The highest BCUT2D eigenvalue weighted by Gasteiger charge is 2.34. The van der Waals surface area contributed by atoms with E-state index in [-0.39, 0.29) is 29.3 Å². The van der Waals surface area contributed by atoms with Crippen LogP contribution in [0.15, 0.2) is 30.6 Å². The second-order valence-corrected chi connectivity index (χ2v) is 7.23. The summed E-state index contributed by atoms with van der Waals surface area (Å²) < 4.78 is 83.5. The molecule has 0 bridgehead atoms. The Morgan fingerprint density at radius 1 is 0.853 bits per heavy atom. The Balaban J connectivity index is 1.67. The summed E-state index contributed by atoms with van der Waals surface area (Å²) >= 11 is 0. The van der Waals surface area contributed by atoms with E-state index in [2.05, 4.69) is 40.5 Å². The van der Waals surface area contributed by atoms with Crippen molar-refractivity contribution in [1.82, 2.24) is 29.9 Å². The van der Waals surface area contributed by atoms with Crippen molar-refractivity contribution in [2.75, 3.05) is 30.4 Å². The third kappa shape index (κ3) is 5.84. The van der Waals surface area contributed by atoms with E-state index in [9.17, 15) is 26.3 Å². The molecule has 0 spiro atoms. The van der Waals surface area contributed by atoms with Gasteiger partial charge in [0.1, 0.15) is 11.4 Å². The first-order valence-corrected chi connectivity index (χ1v) is 9.86. The van der Waals surface area contributed by atoms with E-state index in [4.69, 9.17) is 4.74 Å². The van der Waals surface area contributed by atoms with Gasteiger partial charge >= 0.3 is 12.4 Å². The molecular formula is C19H16F6N8O. The molecule has 1 atom stereocenters. The first-order valence-electron chi connectivity index (χ1n) is 9.86. The highest BCUT2D eigenvalue weighted by molar-refractivity contribution is 5.57. The molecule has 15 heteroatoms. The lowest BCUT2D eigenvalue weighted by Gasteiger charge is -2.13. The third-order valence-corrected chi connectivity index (χ3v) is 4.66. The second kappa shape index (κ2) is 9.32. The van der Waals surface area contributed by atoms with E-state index < -0.39 is 29.6 Å². The van der Waals surface area contributed by atoms with Crippen molar-refractivity contribution in [2.45, 2.75) is 18.8 Å². The summed E-state index contributed by atoms with van der Waals surface area (Å²) in [5.41, 5.74) is -2.39. The van der Waals surface area contributed by atoms with Crippen LogP contribution in [0.4, 0.5) is 43.9 Å². The van der Waals surface area contributed by atoms with Crippen LogP contribution >= 0.6 is 0 Å². The second-order valence-electron chi connectivity index (χ2n) is 7.23. The highest BCUT2D eigenvalue weighted by Crippen LogP contribution is 2.30. The first kappa shape index (κ1) is 23.5. The van der Waals surface area contributed by atoms with Gasteiger partial charge in [0.2, 0.25) is 17.7 Å². The van der Waals surface area contributed by atoms with Crippen LogP contribution in [-0.2, 0) is 17.1 Å². The molecule has 0 aromatic carbocycles. The molecule has 180 valence electrons. The van der Waals surface area contributed by atoms with Gasteiger partial charge in [-0.05, 0) is 24.6 Å². The van der Waals surface area contributed by atoms with E-state index >= 15 is 0 Å². The standard InChI is InChI=1S/C19H16F6N8O/c20-18(21,22)12-2-5-27-14(30-12)15-31-16(28-8-10-3-6-34-9-10)33-17(32-15)29-11-1-4-26-13(7-11)19(23,24)25/h1-2,4-5,7,10H,3,6,8-9H2,(H2,26,28,29,31,32,33). The van der Waals surface area contributed by atoms with Gasteiger partial charge in [0.15, 0.2) is 5.82 Å². The lowest BCUT2D eigenvalue weighted by Crippen LogP contribution is -2.17. The Morgan fingerprint density at radius 2 is 1.59 bits per heavy atom. The van der Waals surface area contributed by atoms with Gasteiger partial charge in [-0.2, -0.15) is 41.3 Å². The molecule has 4 heterocycles. The lowest BCUT2D eigenvalue weighted by atomic mass is 10.1. The maximum absolute atomic E-state index is 13.1. The van der Waals surface area contributed by atoms with Crippen LogP contribution in [0.2, 0.25) is 0 Å². The number of nitrogens with zero attached hydrogens (tertiary/aromatic N) is 6. The summed E-state index contributed by atoms with van der Waals surface area (Å²) in [4.78, 5) is 22.7. The molecule has 3 aromatic heterocycles. The molecule has 1 aliphatic heterocycles. The molecule has 1 aliphatic rings. The SMILES string of the molecule is FC(F)(F)c1cc(Nc2nc(NCC3CCOC3)nc(-c3nccc(C(F)(F)F)n3)n2)ccn1. The summed E-state index contributed by atoms with van der Waals surface area (Å²) in [6.07, 6.45) is -6.75. The topological polar surface area (TPSA) is 111 Å². The summed E-state index contributed by atoms with van der Waals surface area (Å²) in [7, 11) is 0. The summed E-state index contributed by atoms with van der Waals surface area (Å²) in [5.74, 6) is -0.825. The average molecular weight is 486 g/mol. The van der Waals surface area contributed by atoms with Crippen LogP contribution in [0.3, 0.4) is 0 Å². The van der Waals surface area contributed by atoms with Gasteiger partial charge in [-0.3, -0.25) is 4.98 Å². The molecular weight excluding hydrogens is 470 g/mol. The predicted octanol–water partition coefficient (Wildman–Crippen LogP) is 3.95. The first-order chi connectivity index (χ1) is 16.1. The van der Waals surface area contributed by atoms with Crippen LogP contribution in [-0.4, -0.2) is 49.7 Å². The number of hydrogen-bond acceptors (Lipinski definition) is 9. The van der Waals surface area contributed by atoms with Crippen molar-refractivity contribution < 1.29 is 31.1 Å². The smallest absolute Gasteiger partial charge is 0.381 e. The normalized spacial score (nSPS) is 16.5. The van der Waals surface area contributed by atoms with Gasteiger partial charge in [0, 0.05) is 37.2 Å². The van der Waals surface area contributed by atoms with Crippen molar-refractivity contribution in [2.24, 2.45) is 5.92 Å². The zero-order valence-corrected chi connectivity index (χ0v) is 17.2. The Labute approximate surface area is 188 Å². The van der Waals surface area contributed by atoms with Gasteiger partial charge < -0.3 is 15.4 Å². The molecule has 3 aromatic rings. The van der Waals surface area contributed by atoms with E-state index in [0.29, 0.717) is 25.8 Å². The molecule has 9 nitrogen and oxygen atoms in total. The monoisotopic (exact) mass is 486 g/mol. The Bertz CT molecular complexity index is 1150. The minimum Gasteiger partial charge on any atom is -0.381 e. The largest absolute Gasteiger partial charge is 0.433 e. The molecule has 0 saturated carbocycles. The molecule has 1 fully saturated rings. The Kier molecular flexibility index (Phi) is 6.45. The quantitative estimate of drug-likeness (QED) is 0.501. The number of rotatable bonds is 6. The minimum atomic E-state index is -4.72. The van der Waals surface area contributed by atoms with E-state index in [1.807, 2.05) is 0 Å². The summed E-state index contributed by atoms with van der Waals surface area (Å²) in [6, 6.07) is 2.69. The zero-order valence-electron chi connectivity index (χ0n) is 17.2. The Morgan fingerprint density at radius 3 is 2.29 bits per heavy atom. The number of pyridine rings is 1. The van der Waals surface area contributed by atoms with Crippen LogP contribution in [0.1, 0.15) is 17.8 Å². The minimum absolute atomic E-state index is 0.0227. The molecule has 4 rings (SSSR count). The summed E-state index contributed by atoms with van der Waals surface area (Å²) in [6.45, 7) is 1.52. The molecule has 1 saturated heterocycles. The Hall–Kier alpha value is -3.62. The molecule has 0 radical (unpaired) electrons. The van der Waals surface area contributed by atoms with Crippen LogP contribution < -0.4 is 10.6 Å². The molecule has 2 N–H and O–H groups in total. The zero-order chi connectivity index (χ0) is 24.3. The number of alkyl halides is 6. The van der Waals surface area contributed by atoms with Gasteiger partial charge in [-0.15, -0.1) is 0 Å². The van der Waals surface area contributed by atoms with Gasteiger partial charge in [0.25, 0.3) is 0 Å². The fraction of sp³-hybridized carbons (Fsp3) is 0.368. The predicted molar refractivity (Wildman–Crippen MR) is 106 cm³/mol. The van der Waals surface area contributed by atoms with Crippen molar-refractivity contribution in [3.8, 4) is 11.6 Å². The molecule has 1 unspecified atom stereocenters. The summed E-state index contributed by atoms with van der Waals surface area (Å²) in [5, 5.41) is 5.55. The number of halogens is 6. The van der Waals surface area contributed by atoms with Crippen LogP contribution in [0, 0.1) is 5.92 Å². The maximum atomic E-state index is 13.1. The maximum Gasteiger partial charge on any atom is 0.433 e. The van der Waals surface area contributed by atoms with Crippen LogP contribution in [0.25, 0.3) is 11.6 Å². The average Bonchev–Trinajstić information content (AvgIpc) is 3.30. The van der Waals surface area contributed by atoms with Crippen molar-refractivity contribution in [1.29, 1.82) is 0 Å². The number of hydrogen-bond donors (Lipinski definition) is 2. The number of ether oxygens (including phenoxy) is 1. The van der Waals surface area contributed by atoms with E-state index in [1.165, 1.54) is 6.07 Å². The van der Waals surface area contributed by atoms with Gasteiger partial charge in [-0.1, -0.05) is 0 Å². The fourth-order valence-electron chi connectivity index (χ4n) is 3.01. The highest BCUT2D eigenvalue weighted by atomic mass is 19.4. The van der Waals surface area contributed by atoms with Gasteiger partial charge in [0.05, 0.1) is 6.61 Å². The van der Waals surface area contributed by atoms with Crippen LogP contribution in [0.5, 0.6) is 0 Å².